The molecule has 1 amide bonds. The Morgan fingerprint density at radius 1 is 1.06 bits per heavy atom. The molecule has 1 spiro atoms. The second-order valence-corrected chi connectivity index (χ2v) is 8.57. The van der Waals surface area contributed by atoms with E-state index in [0.29, 0.717) is 18.3 Å². The molecule has 2 aromatic rings. The van der Waals surface area contributed by atoms with Crippen LogP contribution in [0.1, 0.15) is 50.2 Å². The lowest BCUT2D eigenvalue weighted by atomic mass is 9.79. The Bertz CT molecular complexity index is 966. The molecule has 1 heterocycles. The van der Waals surface area contributed by atoms with E-state index >= 15 is 0 Å². The van der Waals surface area contributed by atoms with Crippen molar-refractivity contribution < 1.29 is 9.53 Å². The zero-order valence-electron chi connectivity index (χ0n) is 18.2. The third-order valence-electron chi connectivity index (χ3n) is 6.12. The number of benzene rings is 2. The van der Waals surface area contributed by atoms with Crippen LogP contribution in [0.25, 0.3) is 0 Å². The molecule has 162 valence electrons. The molecule has 0 radical (unpaired) electrons. The quantitative estimate of drug-likeness (QED) is 0.564. The number of carbonyl (C=O) groups is 1. The van der Waals surface area contributed by atoms with Gasteiger partial charge in [0, 0.05) is 5.69 Å². The van der Waals surface area contributed by atoms with E-state index in [1.165, 1.54) is 16.9 Å². The molecule has 0 bridgehead atoms. The Morgan fingerprint density at radius 3 is 2.39 bits per heavy atom. The van der Waals surface area contributed by atoms with E-state index in [4.69, 9.17) is 21.9 Å². The van der Waals surface area contributed by atoms with Crippen LogP contribution < -0.4 is 4.90 Å². The number of hydrogen-bond acceptors (Lipinski definition) is 4. The van der Waals surface area contributed by atoms with Crippen molar-refractivity contribution in [3.8, 4) is 0 Å². The summed E-state index contributed by atoms with van der Waals surface area (Å²) < 4.78 is 5.41. The van der Waals surface area contributed by atoms with E-state index < -0.39 is 11.6 Å². The molecular weight excluding hydrogens is 406 g/mol. The smallest absolute Gasteiger partial charge is 0.421 e. The number of ether oxygens (including phenoxy) is 1. The summed E-state index contributed by atoms with van der Waals surface area (Å²) in [4.78, 5) is 21.7. The van der Waals surface area contributed by atoms with Gasteiger partial charge in [-0.2, -0.15) is 0 Å². The standard InChI is InChI=1S/C25H29N3O2S/c1-3-30-24(29)27-22(26-18-20-10-6-4-7-11-20)25(16-8-5-9-17-25)28(23(27)31)21-14-12-19(2)13-15-21/h4,6-7,10-15H,3,5,8-9,16-18H2,1-2H3. The highest BCUT2D eigenvalue weighted by molar-refractivity contribution is 7.80. The Balaban J connectivity index is 1.83. The zero-order valence-corrected chi connectivity index (χ0v) is 19.0. The maximum absolute atomic E-state index is 13.0. The van der Waals surface area contributed by atoms with Gasteiger partial charge in [0.05, 0.1) is 13.2 Å². The van der Waals surface area contributed by atoms with E-state index in [1.54, 1.807) is 0 Å². The van der Waals surface area contributed by atoms with E-state index in [0.717, 1.165) is 42.8 Å². The minimum absolute atomic E-state index is 0.293. The molecule has 1 aliphatic heterocycles. The van der Waals surface area contributed by atoms with Crippen LogP contribution in [0, 0.1) is 6.92 Å². The van der Waals surface area contributed by atoms with E-state index in [2.05, 4.69) is 48.2 Å². The number of hydrogen-bond donors (Lipinski definition) is 0. The normalized spacial score (nSPS) is 19.3. The van der Waals surface area contributed by atoms with Gasteiger partial charge >= 0.3 is 6.09 Å². The summed E-state index contributed by atoms with van der Waals surface area (Å²) in [5.41, 5.74) is 2.86. The van der Waals surface area contributed by atoms with Gasteiger partial charge in [0.1, 0.15) is 11.4 Å². The second kappa shape index (κ2) is 9.18. The van der Waals surface area contributed by atoms with Gasteiger partial charge in [-0.25, -0.2) is 9.69 Å². The maximum Gasteiger partial charge on any atom is 0.421 e. The third-order valence-corrected chi connectivity index (χ3v) is 6.48. The predicted octanol–water partition coefficient (Wildman–Crippen LogP) is 5.86. The Morgan fingerprint density at radius 2 is 1.74 bits per heavy atom. The van der Waals surface area contributed by atoms with Crippen LogP contribution in [0.2, 0.25) is 0 Å². The van der Waals surface area contributed by atoms with Crippen LogP contribution in [0.15, 0.2) is 59.6 Å². The number of amidine groups is 1. The third kappa shape index (κ3) is 4.09. The molecule has 2 fully saturated rings. The number of nitrogens with zero attached hydrogens (tertiary/aromatic N) is 3. The summed E-state index contributed by atoms with van der Waals surface area (Å²) in [5.74, 6) is 0.722. The molecule has 0 aromatic heterocycles. The molecule has 2 aromatic carbocycles. The number of rotatable bonds is 4. The first kappa shape index (κ1) is 21.5. The average molecular weight is 436 g/mol. The molecule has 0 atom stereocenters. The number of thiocarbonyl (C=S) groups is 1. The maximum atomic E-state index is 13.0. The highest BCUT2D eigenvalue weighted by atomic mass is 32.1. The number of aliphatic imine (C=N–C) groups is 1. The van der Waals surface area contributed by atoms with Crippen molar-refractivity contribution in [3.05, 3.63) is 65.7 Å². The minimum atomic E-state index is -0.445. The topological polar surface area (TPSA) is 45.1 Å². The van der Waals surface area contributed by atoms with Crippen LogP contribution >= 0.6 is 12.2 Å². The summed E-state index contributed by atoms with van der Waals surface area (Å²) in [5, 5.41) is 0.455. The van der Waals surface area contributed by atoms with E-state index in [1.807, 2.05) is 25.1 Å². The van der Waals surface area contributed by atoms with Crippen molar-refractivity contribution in [2.24, 2.45) is 4.99 Å². The molecule has 1 saturated heterocycles. The number of anilines is 1. The van der Waals surface area contributed by atoms with Crippen molar-refractivity contribution >= 4 is 34.9 Å². The molecule has 2 aliphatic rings. The average Bonchev–Trinajstić information content (AvgIpc) is 3.01. The fraction of sp³-hybridized carbons (Fsp3) is 0.400. The van der Waals surface area contributed by atoms with Gasteiger partial charge < -0.3 is 9.64 Å². The Labute approximate surface area is 189 Å². The van der Waals surface area contributed by atoms with Gasteiger partial charge in [-0.3, -0.25) is 4.99 Å². The van der Waals surface area contributed by atoms with Crippen molar-refractivity contribution in [2.75, 3.05) is 11.5 Å². The molecule has 0 N–H and O–H groups in total. The first-order valence-electron chi connectivity index (χ1n) is 11.0. The summed E-state index contributed by atoms with van der Waals surface area (Å²) in [6, 6.07) is 18.5. The van der Waals surface area contributed by atoms with Crippen LogP contribution in [-0.2, 0) is 11.3 Å². The first-order valence-corrected chi connectivity index (χ1v) is 11.4. The van der Waals surface area contributed by atoms with Gasteiger partial charge in [0.15, 0.2) is 5.11 Å². The molecule has 1 aliphatic carbocycles. The van der Waals surface area contributed by atoms with Crippen molar-refractivity contribution in [1.29, 1.82) is 0 Å². The van der Waals surface area contributed by atoms with Gasteiger partial charge in [-0.15, -0.1) is 0 Å². The largest absolute Gasteiger partial charge is 0.449 e. The lowest BCUT2D eigenvalue weighted by molar-refractivity contribution is 0.141. The van der Waals surface area contributed by atoms with Crippen molar-refractivity contribution in [1.82, 2.24) is 4.90 Å². The van der Waals surface area contributed by atoms with Crippen molar-refractivity contribution in [2.45, 2.75) is 58.0 Å². The van der Waals surface area contributed by atoms with Gasteiger partial charge in [-0.1, -0.05) is 67.3 Å². The minimum Gasteiger partial charge on any atom is -0.449 e. The predicted molar refractivity (Wildman–Crippen MR) is 129 cm³/mol. The first-order chi connectivity index (χ1) is 15.1. The summed E-state index contributed by atoms with van der Waals surface area (Å²) >= 11 is 5.90. The van der Waals surface area contributed by atoms with Crippen molar-refractivity contribution in [3.63, 3.8) is 0 Å². The summed E-state index contributed by atoms with van der Waals surface area (Å²) in [7, 11) is 0. The summed E-state index contributed by atoms with van der Waals surface area (Å²) in [6.07, 6.45) is 4.70. The molecule has 5 nitrogen and oxygen atoms in total. The summed E-state index contributed by atoms with van der Waals surface area (Å²) in [6.45, 7) is 4.67. The highest BCUT2D eigenvalue weighted by Crippen LogP contribution is 2.44. The molecule has 6 heteroatoms. The number of amides is 1. The Hall–Kier alpha value is -2.73. The molecule has 31 heavy (non-hydrogen) atoms. The van der Waals surface area contributed by atoms with Gasteiger partial charge in [0.2, 0.25) is 0 Å². The van der Waals surface area contributed by atoms with Crippen LogP contribution in [0.4, 0.5) is 10.5 Å². The number of carbonyl (C=O) groups excluding carboxylic acids is 1. The molecular formula is C25H29N3O2S. The lowest BCUT2D eigenvalue weighted by Gasteiger charge is -2.40. The van der Waals surface area contributed by atoms with Crippen LogP contribution in [-0.4, -0.2) is 34.1 Å². The Kier molecular flexibility index (Phi) is 6.37. The lowest BCUT2D eigenvalue weighted by Crippen LogP contribution is -2.51. The van der Waals surface area contributed by atoms with Crippen LogP contribution in [0.5, 0.6) is 0 Å². The van der Waals surface area contributed by atoms with E-state index in [9.17, 15) is 4.79 Å². The molecule has 1 saturated carbocycles. The zero-order chi connectivity index (χ0) is 21.8. The highest BCUT2D eigenvalue weighted by Gasteiger charge is 2.56. The molecule has 0 unspecified atom stereocenters. The fourth-order valence-electron chi connectivity index (χ4n) is 4.64. The monoisotopic (exact) mass is 435 g/mol. The van der Waals surface area contributed by atoms with Crippen LogP contribution in [0.3, 0.4) is 0 Å². The van der Waals surface area contributed by atoms with Gasteiger partial charge in [-0.05, 0) is 56.6 Å². The van der Waals surface area contributed by atoms with Gasteiger partial charge in [0.25, 0.3) is 0 Å². The van der Waals surface area contributed by atoms with E-state index in [-0.39, 0.29) is 0 Å². The number of aryl methyl sites for hydroxylation is 1. The fourth-order valence-corrected chi connectivity index (χ4v) is 5.08. The molecule has 4 rings (SSSR count). The second-order valence-electron chi connectivity index (χ2n) is 8.21. The SMILES string of the molecule is CCOC(=O)N1C(=S)N(c2ccc(C)cc2)C2(CCCCC2)C1=NCc1ccccc1.